The zero-order valence-corrected chi connectivity index (χ0v) is 11.2. The minimum absolute atomic E-state index is 0.178. The first-order valence-corrected chi connectivity index (χ1v) is 6.41. The third-order valence-electron chi connectivity index (χ3n) is 2.41. The molecule has 1 aromatic rings. The normalized spacial score (nSPS) is 12.4. The Hall–Kier alpha value is -0.770. The number of unbranched alkanes of at least 4 members (excludes halogenated alkanes) is 2. The Kier molecular flexibility index (Phi) is 5.60. The molecule has 0 radical (unpaired) electrons. The summed E-state index contributed by atoms with van der Waals surface area (Å²) in [5, 5.41) is 0. The Morgan fingerprint density at radius 2 is 2.31 bits per heavy atom. The molecular weight excluding hydrogens is 272 g/mol. The topological polar surface area (TPSA) is 39.4 Å². The summed E-state index contributed by atoms with van der Waals surface area (Å²) in [5.74, 6) is 0.430. The van der Waals surface area contributed by atoms with Crippen molar-refractivity contribution in [3.63, 3.8) is 0 Å². The van der Waals surface area contributed by atoms with E-state index in [1.165, 1.54) is 26.2 Å². The summed E-state index contributed by atoms with van der Waals surface area (Å²) in [6.07, 6.45) is 6.02. The van der Waals surface area contributed by atoms with Gasteiger partial charge in [-0.15, -0.1) is 0 Å². The Labute approximate surface area is 104 Å². The number of carbonyl (C=O) groups is 1. The predicted octanol–water partition coefficient (Wildman–Crippen LogP) is 4.08. The van der Waals surface area contributed by atoms with Gasteiger partial charge in [0, 0.05) is 0 Å². The molecule has 4 heteroatoms. The van der Waals surface area contributed by atoms with Gasteiger partial charge in [-0.25, -0.2) is 4.79 Å². The number of hydrogen-bond donors (Lipinski definition) is 0. The van der Waals surface area contributed by atoms with Crippen LogP contribution >= 0.6 is 15.9 Å². The molecule has 16 heavy (non-hydrogen) atoms. The number of methoxy groups -OCH3 is 1. The monoisotopic (exact) mass is 288 g/mol. The van der Waals surface area contributed by atoms with Crippen LogP contribution in [0.3, 0.4) is 0 Å². The zero-order chi connectivity index (χ0) is 12.0. The highest BCUT2D eigenvalue weighted by atomic mass is 79.9. The highest BCUT2D eigenvalue weighted by Crippen LogP contribution is 2.30. The number of furan rings is 1. The van der Waals surface area contributed by atoms with Crippen molar-refractivity contribution in [2.24, 2.45) is 0 Å². The van der Waals surface area contributed by atoms with E-state index in [0.29, 0.717) is 5.56 Å². The summed E-state index contributed by atoms with van der Waals surface area (Å²) in [7, 11) is 1.36. The molecule has 1 rings (SSSR count). The highest BCUT2D eigenvalue weighted by Gasteiger charge is 2.15. The SMILES string of the molecule is CCCCCC(Br)c1cc(C(=O)OC)co1. The number of esters is 1. The molecule has 0 saturated heterocycles. The maximum Gasteiger partial charge on any atom is 0.341 e. The molecule has 0 fully saturated rings. The predicted molar refractivity (Wildman–Crippen MR) is 65.9 cm³/mol. The van der Waals surface area contributed by atoms with E-state index in [4.69, 9.17) is 4.42 Å². The second-order valence-electron chi connectivity index (χ2n) is 3.69. The van der Waals surface area contributed by atoms with E-state index < -0.39 is 0 Å². The molecule has 0 aromatic carbocycles. The minimum Gasteiger partial charge on any atom is -0.467 e. The van der Waals surface area contributed by atoms with E-state index in [0.717, 1.165) is 18.6 Å². The second-order valence-corrected chi connectivity index (χ2v) is 4.80. The minimum atomic E-state index is -0.358. The van der Waals surface area contributed by atoms with Gasteiger partial charge in [0.25, 0.3) is 0 Å². The van der Waals surface area contributed by atoms with Crippen LogP contribution in [0.15, 0.2) is 16.7 Å². The van der Waals surface area contributed by atoms with Crippen molar-refractivity contribution >= 4 is 21.9 Å². The first-order chi connectivity index (χ1) is 7.69. The van der Waals surface area contributed by atoms with Gasteiger partial charge in [0.05, 0.1) is 17.5 Å². The zero-order valence-electron chi connectivity index (χ0n) is 9.66. The van der Waals surface area contributed by atoms with E-state index >= 15 is 0 Å². The van der Waals surface area contributed by atoms with Gasteiger partial charge in [0.2, 0.25) is 0 Å². The third-order valence-corrected chi connectivity index (χ3v) is 3.32. The van der Waals surface area contributed by atoms with E-state index in [9.17, 15) is 4.79 Å². The molecule has 0 aliphatic carbocycles. The molecule has 0 aliphatic rings. The lowest BCUT2D eigenvalue weighted by atomic mass is 10.1. The Balaban J connectivity index is 2.52. The van der Waals surface area contributed by atoms with Crippen LogP contribution in [0.5, 0.6) is 0 Å². The van der Waals surface area contributed by atoms with Gasteiger partial charge in [-0.3, -0.25) is 0 Å². The first kappa shape index (κ1) is 13.3. The second kappa shape index (κ2) is 6.74. The molecule has 0 spiro atoms. The number of hydrogen-bond acceptors (Lipinski definition) is 3. The largest absolute Gasteiger partial charge is 0.467 e. The molecule has 90 valence electrons. The van der Waals surface area contributed by atoms with Crippen molar-refractivity contribution < 1.29 is 13.9 Å². The van der Waals surface area contributed by atoms with Crippen LogP contribution in [0.2, 0.25) is 0 Å². The molecule has 1 aromatic heterocycles. The van der Waals surface area contributed by atoms with Crippen LogP contribution in [0, 0.1) is 0 Å². The van der Waals surface area contributed by atoms with E-state index in [2.05, 4.69) is 27.6 Å². The fourth-order valence-electron chi connectivity index (χ4n) is 1.46. The Morgan fingerprint density at radius 3 is 2.94 bits per heavy atom. The van der Waals surface area contributed by atoms with E-state index in [1.807, 2.05) is 0 Å². The molecular formula is C12H17BrO3. The van der Waals surface area contributed by atoms with Crippen LogP contribution < -0.4 is 0 Å². The van der Waals surface area contributed by atoms with Crippen molar-refractivity contribution in [1.29, 1.82) is 0 Å². The van der Waals surface area contributed by atoms with Gasteiger partial charge in [0.15, 0.2) is 0 Å². The lowest BCUT2D eigenvalue weighted by Crippen LogP contribution is -1.98. The third kappa shape index (κ3) is 3.67. The van der Waals surface area contributed by atoms with Gasteiger partial charge < -0.3 is 9.15 Å². The standard InChI is InChI=1S/C12H17BrO3/c1-3-4-5-6-10(13)11-7-9(8-16-11)12(14)15-2/h7-8,10H,3-6H2,1-2H3. The summed E-state index contributed by atoms with van der Waals surface area (Å²) in [6.45, 7) is 2.17. The van der Waals surface area contributed by atoms with Gasteiger partial charge in [0.1, 0.15) is 12.0 Å². The first-order valence-electron chi connectivity index (χ1n) is 5.49. The van der Waals surface area contributed by atoms with Gasteiger partial charge in [-0.05, 0) is 12.5 Å². The number of carbonyl (C=O) groups excluding carboxylic acids is 1. The van der Waals surface area contributed by atoms with Crippen LogP contribution in [-0.2, 0) is 4.74 Å². The van der Waals surface area contributed by atoms with Crippen molar-refractivity contribution in [2.45, 2.75) is 37.4 Å². The van der Waals surface area contributed by atoms with Gasteiger partial charge in [-0.2, -0.15) is 0 Å². The van der Waals surface area contributed by atoms with Crippen molar-refractivity contribution in [1.82, 2.24) is 0 Å². The molecule has 0 amide bonds. The molecule has 1 atom stereocenters. The fraction of sp³-hybridized carbons (Fsp3) is 0.583. The quantitative estimate of drug-likeness (QED) is 0.450. The van der Waals surface area contributed by atoms with Gasteiger partial charge in [-0.1, -0.05) is 42.1 Å². The van der Waals surface area contributed by atoms with E-state index in [1.54, 1.807) is 6.07 Å². The van der Waals surface area contributed by atoms with Crippen LogP contribution in [0.25, 0.3) is 0 Å². The maximum atomic E-state index is 11.2. The maximum absolute atomic E-state index is 11.2. The van der Waals surface area contributed by atoms with Crippen molar-refractivity contribution in [3.05, 3.63) is 23.7 Å². The van der Waals surface area contributed by atoms with Crippen LogP contribution in [0.1, 0.15) is 53.6 Å². The van der Waals surface area contributed by atoms with Crippen LogP contribution in [-0.4, -0.2) is 13.1 Å². The molecule has 0 saturated carbocycles. The number of halogens is 1. The van der Waals surface area contributed by atoms with Crippen molar-refractivity contribution in [3.8, 4) is 0 Å². The summed E-state index contributed by atoms with van der Waals surface area (Å²) >= 11 is 3.55. The molecule has 0 bridgehead atoms. The number of ether oxygens (including phenoxy) is 1. The summed E-state index contributed by atoms with van der Waals surface area (Å²) in [4.78, 5) is 11.4. The van der Waals surface area contributed by atoms with E-state index in [-0.39, 0.29) is 10.8 Å². The Bertz CT molecular complexity index is 333. The smallest absolute Gasteiger partial charge is 0.341 e. The van der Waals surface area contributed by atoms with Crippen LogP contribution in [0.4, 0.5) is 0 Å². The molecule has 1 heterocycles. The molecule has 1 unspecified atom stereocenters. The summed E-state index contributed by atoms with van der Waals surface area (Å²) in [5.41, 5.74) is 0.470. The summed E-state index contributed by atoms with van der Waals surface area (Å²) < 4.78 is 9.95. The Morgan fingerprint density at radius 1 is 1.56 bits per heavy atom. The average Bonchev–Trinajstić information content (AvgIpc) is 2.77. The average molecular weight is 289 g/mol. The molecule has 0 N–H and O–H groups in total. The lowest BCUT2D eigenvalue weighted by Gasteiger charge is -2.04. The molecule has 0 aliphatic heterocycles. The molecule has 3 nitrogen and oxygen atoms in total. The summed E-state index contributed by atoms with van der Waals surface area (Å²) in [6, 6.07) is 1.73. The highest BCUT2D eigenvalue weighted by molar-refractivity contribution is 9.09. The van der Waals surface area contributed by atoms with Gasteiger partial charge >= 0.3 is 5.97 Å². The number of rotatable bonds is 6. The fourth-order valence-corrected chi connectivity index (χ4v) is 2.02. The lowest BCUT2D eigenvalue weighted by molar-refractivity contribution is 0.0600. The van der Waals surface area contributed by atoms with Crippen molar-refractivity contribution in [2.75, 3.05) is 7.11 Å². The number of alkyl halides is 1.